The highest BCUT2D eigenvalue weighted by Crippen LogP contribution is 2.39. The fourth-order valence-electron chi connectivity index (χ4n) is 3.99. The molecule has 0 unspecified atom stereocenters. The van der Waals surface area contributed by atoms with Crippen molar-refractivity contribution in [2.75, 3.05) is 19.9 Å². The predicted octanol–water partition coefficient (Wildman–Crippen LogP) is 2.75. The van der Waals surface area contributed by atoms with Crippen LogP contribution in [0.5, 0.6) is 11.5 Å². The molecule has 2 atom stereocenters. The summed E-state index contributed by atoms with van der Waals surface area (Å²) in [5, 5.41) is 4.04. The van der Waals surface area contributed by atoms with Crippen molar-refractivity contribution in [1.29, 1.82) is 0 Å². The van der Waals surface area contributed by atoms with Gasteiger partial charge >= 0.3 is 0 Å². The summed E-state index contributed by atoms with van der Waals surface area (Å²) in [6.07, 6.45) is 1.66. The van der Waals surface area contributed by atoms with Gasteiger partial charge in [0.1, 0.15) is 0 Å². The quantitative estimate of drug-likeness (QED) is 0.696. The van der Waals surface area contributed by atoms with Crippen molar-refractivity contribution < 1.29 is 18.8 Å². The van der Waals surface area contributed by atoms with E-state index in [1.165, 1.54) is 12.0 Å². The lowest BCUT2D eigenvalue weighted by atomic mass is 9.88. The fourth-order valence-corrected chi connectivity index (χ4v) is 3.99. The Morgan fingerprint density at radius 1 is 1.04 bits per heavy atom. The molecule has 0 bridgehead atoms. The maximum absolute atomic E-state index is 13.0. The number of likely N-dealkylation sites (tertiary alicyclic amines) is 1. The number of hydrogen-bond acceptors (Lipinski definition) is 6. The summed E-state index contributed by atoms with van der Waals surface area (Å²) < 4.78 is 15.7. The highest BCUT2D eigenvalue weighted by Gasteiger charge is 2.39. The van der Waals surface area contributed by atoms with Gasteiger partial charge in [-0.3, -0.25) is 4.79 Å². The van der Waals surface area contributed by atoms with E-state index in [1.807, 2.05) is 41.3 Å². The number of ether oxygens (including phenoxy) is 2. The molecule has 1 amide bonds. The second-order valence-corrected chi connectivity index (χ2v) is 7.08. The highest BCUT2D eigenvalue weighted by atomic mass is 16.7. The van der Waals surface area contributed by atoms with E-state index in [2.05, 4.69) is 22.3 Å². The van der Waals surface area contributed by atoms with E-state index in [-0.39, 0.29) is 24.5 Å². The van der Waals surface area contributed by atoms with Crippen molar-refractivity contribution in [3.05, 3.63) is 71.9 Å². The summed E-state index contributed by atoms with van der Waals surface area (Å²) in [6, 6.07) is 15.8. The summed E-state index contributed by atoms with van der Waals surface area (Å²) in [5.41, 5.74) is 2.09. The molecule has 2 aromatic carbocycles. The molecule has 0 saturated carbocycles. The number of carbonyl (C=O) groups is 1. The molecule has 1 aromatic heterocycles. The first-order valence-electron chi connectivity index (χ1n) is 9.25. The molecule has 0 spiro atoms. The number of fused-ring (bicyclic) bond motifs is 1. The van der Waals surface area contributed by atoms with Crippen LogP contribution in [-0.2, 0) is 11.2 Å². The van der Waals surface area contributed by atoms with E-state index in [4.69, 9.17) is 14.0 Å². The number of hydrogen-bond donors (Lipinski definition) is 0. The van der Waals surface area contributed by atoms with Crippen LogP contribution in [0.4, 0.5) is 0 Å². The lowest BCUT2D eigenvalue weighted by molar-refractivity contribution is -0.129. The van der Waals surface area contributed by atoms with Crippen molar-refractivity contribution in [2.24, 2.45) is 0 Å². The van der Waals surface area contributed by atoms with Crippen LogP contribution in [0.3, 0.4) is 0 Å². The summed E-state index contributed by atoms with van der Waals surface area (Å²) in [5.74, 6) is 2.29. The summed E-state index contributed by atoms with van der Waals surface area (Å²) in [7, 11) is 0. The number of benzene rings is 2. The van der Waals surface area contributed by atoms with Gasteiger partial charge in [0.25, 0.3) is 0 Å². The molecule has 2 aliphatic rings. The van der Waals surface area contributed by atoms with Crippen LogP contribution in [0.1, 0.15) is 28.8 Å². The Bertz CT molecular complexity index is 975. The normalized spacial score (nSPS) is 20.5. The monoisotopic (exact) mass is 377 g/mol. The van der Waals surface area contributed by atoms with Crippen molar-refractivity contribution in [2.45, 2.75) is 18.3 Å². The number of amides is 1. The molecule has 3 aromatic rings. The molecule has 2 aliphatic heterocycles. The van der Waals surface area contributed by atoms with Crippen molar-refractivity contribution >= 4 is 5.91 Å². The average molecular weight is 377 g/mol. The van der Waals surface area contributed by atoms with E-state index >= 15 is 0 Å². The third kappa shape index (κ3) is 3.09. The topological polar surface area (TPSA) is 77.7 Å². The number of carbonyl (C=O) groups excluding carboxylic acids is 1. The van der Waals surface area contributed by atoms with Crippen LogP contribution >= 0.6 is 0 Å². The minimum absolute atomic E-state index is 0.0156. The summed E-state index contributed by atoms with van der Waals surface area (Å²) in [4.78, 5) is 19.1. The summed E-state index contributed by atoms with van der Waals surface area (Å²) in [6.45, 7) is 1.43. The van der Waals surface area contributed by atoms with Crippen LogP contribution < -0.4 is 9.47 Å². The van der Waals surface area contributed by atoms with Gasteiger partial charge in [0.2, 0.25) is 19.1 Å². The van der Waals surface area contributed by atoms with E-state index in [0.717, 1.165) is 11.3 Å². The molecule has 0 radical (unpaired) electrons. The third-order valence-corrected chi connectivity index (χ3v) is 5.40. The molecule has 5 rings (SSSR count). The Morgan fingerprint density at radius 3 is 2.68 bits per heavy atom. The molecule has 3 heterocycles. The first kappa shape index (κ1) is 16.8. The van der Waals surface area contributed by atoms with E-state index in [9.17, 15) is 4.79 Å². The van der Waals surface area contributed by atoms with Crippen LogP contribution in [0.2, 0.25) is 0 Å². The van der Waals surface area contributed by atoms with Crippen molar-refractivity contribution in [1.82, 2.24) is 15.0 Å². The van der Waals surface area contributed by atoms with E-state index < -0.39 is 0 Å². The first-order valence-corrected chi connectivity index (χ1v) is 9.25. The Hall–Kier alpha value is -3.35. The number of nitrogens with zero attached hydrogens (tertiary/aromatic N) is 3. The Balaban J connectivity index is 1.36. The summed E-state index contributed by atoms with van der Waals surface area (Å²) >= 11 is 0. The molecule has 1 fully saturated rings. The fraction of sp³-hybridized carbons (Fsp3) is 0.286. The molecule has 142 valence electrons. The maximum Gasteiger partial charge on any atom is 0.231 e. The van der Waals surface area contributed by atoms with Crippen LogP contribution in [-0.4, -0.2) is 40.8 Å². The van der Waals surface area contributed by atoms with Gasteiger partial charge in [0, 0.05) is 24.9 Å². The lowest BCUT2D eigenvalue weighted by Gasteiger charge is -2.17. The zero-order valence-corrected chi connectivity index (χ0v) is 15.2. The van der Waals surface area contributed by atoms with Gasteiger partial charge in [-0.1, -0.05) is 41.6 Å². The SMILES string of the molecule is O=C(Cc1ccc2c(c1)OCO2)N1C[C@H](c2ccccc2)[C@H](c2ncon2)C1. The molecule has 28 heavy (non-hydrogen) atoms. The molecular weight excluding hydrogens is 358 g/mol. The smallest absolute Gasteiger partial charge is 0.231 e. The Morgan fingerprint density at radius 2 is 1.86 bits per heavy atom. The van der Waals surface area contributed by atoms with Gasteiger partial charge in [-0.05, 0) is 23.3 Å². The van der Waals surface area contributed by atoms with Gasteiger partial charge in [0.15, 0.2) is 17.3 Å². The largest absolute Gasteiger partial charge is 0.454 e. The van der Waals surface area contributed by atoms with E-state index in [0.29, 0.717) is 31.1 Å². The second-order valence-electron chi connectivity index (χ2n) is 7.08. The zero-order chi connectivity index (χ0) is 18.9. The molecular formula is C21H19N3O4. The van der Waals surface area contributed by atoms with Crippen molar-refractivity contribution in [3.8, 4) is 11.5 Å². The minimum atomic E-state index is 0.0156. The van der Waals surface area contributed by atoms with E-state index in [1.54, 1.807) is 0 Å². The molecule has 1 saturated heterocycles. The van der Waals surface area contributed by atoms with Crippen LogP contribution in [0.15, 0.2) is 59.4 Å². The van der Waals surface area contributed by atoms with Gasteiger partial charge in [-0.15, -0.1) is 0 Å². The first-order chi connectivity index (χ1) is 13.8. The third-order valence-electron chi connectivity index (χ3n) is 5.40. The Labute approximate surface area is 161 Å². The van der Waals surface area contributed by atoms with Gasteiger partial charge in [-0.25, -0.2) is 0 Å². The number of aromatic nitrogens is 2. The van der Waals surface area contributed by atoms with Gasteiger partial charge < -0.3 is 18.9 Å². The highest BCUT2D eigenvalue weighted by molar-refractivity contribution is 5.79. The molecule has 0 N–H and O–H groups in total. The van der Waals surface area contributed by atoms with Crippen molar-refractivity contribution in [3.63, 3.8) is 0 Å². The second kappa shape index (κ2) is 6.99. The minimum Gasteiger partial charge on any atom is -0.454 e. The van der Waals surface area contributed by atoms with Gasteiger partial charge in [0.05, 0.1) is 6.42 Å². The van der Waals surface area contributed by atoms with Crippen LogP contribution in [0, 0.1) is 0 Å². The average Bonchev–Trinajstić information content (AvgIpc) is 3.47. The standard InChI is InChI=1S/C21H19N3O4/c25-20(9-14-6-7-18-19(8-14)27-13-26-18)24-10-16(15-4-2-1-3-5-15)17(11-24)21-22-12-28-23-21/h1-8,12,16-17H,9-11,13H2/t16-,17-/m1/s1. The molecule has 7 nitrogen and oxygen atoms in total. The predicted molar refractivity (Wildman–Crippen MR) is 99.1 cm³/mol. The van der Waals surface area contributed by atoms with Gasteiger partial charge in [-0.2, -0.15) is 4.98 Å². The van der Waals surface area contributed by atoms with Crippen LogP contribution in [0.25, 0.3) is 0 Å². The number of rotatable bonds is 4. The molecule has 0 aliphatic carbocycles. The Kier molecular flexibility index (Phi) is 4.20. The molecule has 7 heteroatoms. The lowest BCUT2D eigenvalue weighted by Crippen LogP contribution is -2.30. The maximum atomic E-state index is 13.0. The zero-order valence-electron chi connectivity index (χ0n) is 15.2.